The lowest BCUT2D eigenvalue weighted by Gasteiger charge is -2.27. The monoisotopic (exact) mass is 332 g/mol. The van der Waals surface area contributed by atoms with Crippen molar-refractivity contribution in [3.63, 3.8) is 0 Å². The standard InChI is InChI=1S/C14H21ClN2O3S/c1-3-8-17(11-6-7-16-10-11)21(18,19)14-9-12(20-2)4-5-13(14)15/h4-5,9,11,16H,3,6-8,10H2,1-2H3. The smallest absolute Gasteiger partial charge is 0.244 e. The molecule has 0 spiro atoms. The highest BCUT2D eigenvalue weighted by atomic mass is 35.5. The maximum Gasteiger partial charge on any atom is 0.244 e. The van der Waals surface area contributed by atoms with E-state index in [1.165, 1.54) is 13.2 Å². The molecule has 0 aliphatic carbocycles. The summed E-state index contributed by atoms with van der Waals surface area (Å²) in [6, 6.07) is 4.69. The van der Waals surface area contributed by atoms with Crippen LogP contribution in [-0.4, -0.2) is 45.5 Å². The van der Waals surface area contributed by atoms with E-state index in [9.17, 15) is 8.42 Å². The Kier molecular flexibility index (Phi) is 5.48. The Bertz CT molecular complexity index is 586. The molecule has 7 heteroatoms. The average Bonchev–Trinajstić information content (AvgIpc) is 2.98. The van der Waals surface area contributed by atoms with E-state index in [4.69, 9.17) is 16.3 Å². The molecule has 1 heterocycles. The lowest BCUT2D eigenvalue weighted by molar-refractivity contribution is 0.334. The summed E-state index contributed by atoms with van der Waals surface area (Å²) in [5.74, 6) is 0.485. The third-order valence-corrected chi connectivity index (χ3v) is 6.04. The van der Waals surface area contributed by atoms with Gasteiger partial charge < -0.3 is 10.1 Å². The highest BCUT2D eigenvalue weighted by molar-refractivity contribution is 7.89. The lowest BCUT2D eigenvalue weighted by Crippen LogP contribution is -2.42. The highest BCUT2D eigenvalue weighted by Gasteiger charge is 2.34. The van der Waals surface area contributed by atoms with Crippen LogP contribution in [0.1, 0.15) is 19.8 Å². The summed E-state index contributed by atoms with van der Waals surface area (Å²) >= 11 is 6.11. The zero-order valence-corrected chi connectivity index (χ0v) is 13.9. The number of rotatable bonds is 6. The van der Waals surface area contributed by atoms with Gasteiger partial charge in [-0.05, 0) is 31.5 Å². The Balaban J connectivity index is 2.42. The van der Waals surface area contributed by atoms with Gasteiger partial charge in [-0.1, -0.05) is 18.5 Å². The third kappa shape index (κ3) is 3.51. The maximum absolute atomic E-state index is 13.0. The number of methoxy groups -OCH3 is 1. The highest BCUT2D eigenvalue weighted by Crippen LogP contribution is 2.30. The van der Waals surface area contributed by atoms with Crippen LogP contribution >= 0.6 is 11.6 Å². The summed E-state index contributed by atoms with van der Waals surface area (Å²) in [5.41, 5.74) is 0. The second-order valence-electron chi connectivity index (χ2n) is 5.06. The van der Waals surface area contributed by atoms with E-state index < -0.39 is 10.0 Å². The maximum atomic E-state index is 13.0. The molecule has 1 unspecified atom stereocenters. The van der Waals surface area contributed by atoms with E-state index in [1.807, 2.05) is 6.92 Å². The minimum atomic E-state index is -3.63. The van der Waals surface area contributed by atoms with Gasteiger partial charge in [-0.3, -0.25) is 0 Å². The van der Waals surface area contributed by atoms with Crippen LogP contribution in [0.25, 0.3) is 0 Å². The second-order valence-corrected chi connectivity index (χ2v) is 7.32. The number of sulfonamides is 1. The number of nitrogens with one attached hydrogen (secondary N) is 1. The minimum Gasteiger partial charge on any atom is -0.497 e. The van der Waals surface area contributed by atoms with Crippen LogP contribution in [0.4, 0.5) is 0 Å². The summed E-state index contributed by atoms with van der Waals surface area (Å²) in [6.45, 7) is 3.98. The summed E-state index contributed by atoms with van der Waals surface area (Å²) in [6.07, 6.45) is 1.58. The molecule has 1 aromatic rings. The van der Waals surface area contributed by atoms with Crippen LogP contribution in [0.15, 0.2) is 23.1 Å². The Morgan fingerprint density at radius 2 is 2.24 bits per heavy atom. The molecule has 1 aromatic carbocycles. The topological polar surface area (TPSA) is 58.6 Å². The third-order valence-electron chi connectivity index (χ3n) is 3.61. The summed E-state index contributed by atoms with van der Waals surface area (Å²) < 4.78 is 32.6. The van der Waals surface area contributed by atoms with E-state index in [0.29, 0.717) is 18.8 Å². The van der Waals surface area contributed by atoms with Crippen molar-refractivity contribution in [1.29, 1.82) is 0 Å². The number of halogens is 1. The van der Waals surface area contributed by atoms with Gasteiger partial charge in [-0.2, -0.15) is 4.31 Å². The predicted molar refractivity (Wildman–Crippen MR) is 83.5 cm³/mol. The first kappa shape index (κ1) is 16.5. The molecule has 5 nitrogen and oxygen atoms in total. The van der Waals surface area contributed by atoms with E-state index in [0.717, 1.165) is 19.4 Å². The van der Waals surface area contributed by atoms with Gasteiger partial charge in [0.05, 0.1) is 12.1 Å². The zero-order valence-electron chi connectivity index (χ0n) is 12.3. The second kappa shape index (κ2) is 6.96. The first-order chi connectivity index (χ1) is 10.0. The van der Waals surface area contributed by atoms with Crippen LogP contribution in [0.5, 0.6) is 5.75 Å². The van der Waals surface area contributed by atoms with Crippen LogP contribution in [0.2, 0.25) is 5.02 Å². The molecule has 0 amide bonds. The fourth-order valence-electron chi connectivity index (χ4n) is 2.54. The van der Waals surface area contributed by atoms with E-state index in [2.05, 4.69) is 5.32 Å². The van der Waals surface area contributed by atoms with Gasteiger partial charge in [0.15, 0.2) is 0 Å². The molecule has 118 valence electrons. The number of nitrogens with zero attached hydrogens (tertiary/aromatic N) is 1. The van der Waals surface area contributed by atoms with Gasteiger partial charge in [-0.25, -0.2) is 8.42 Å². The molecule has 1 aliphatic heterocycles. The number of benzene rings is 1. The average molecular weight is 333 g/mol. The number of hydrogen-bond donors (Lipinski definition) is 1. The summed E-state index contributed by atoms with van der Waals surface area (Å²) in [4.78, 5) is 0.115. The van der Waals surface area contributed by atoms with Gasteiger partial charge in [0.2, 0.25) is 10.0 Å². The molecule has 1 saturated heterocycles. The predicted octanol–water partition coefficient (Wildman–Crippen LogP) is 2.11. The van der Waals surface area contributed by atoms with Crippen molar-refractivity contribution in [3.05, 3.63) is 23.2 Å². The molecule has 1 aliphatic rings. The Hall–Kier alpha value is -0.820. The van der Waals surface area contributed by atoms with Crippen LogP contribution in [0, 0.1) is 0 Å². The summed E-state index contributed by atoms with van der Waals surface area (Å²) in [7, 11) is -2.12. The van der Waals surface area contributed by atoms with Crippen molar-refractivity contribution >= 4 is 21.6 Å². The van der Waals surface area contributed by atoms with Gasteiger partial charge in [-0.15, -0.1) is 0 Å². The molecule has 0 bridgehead atoms. The molecular weight excluding hydrogens is 312 g/mol. The zero-order chi connectivity index (χ0) is 15.5. The van der Waals surface area contributed by atoms with Crippen LogP contribution in [-0.2, 0) is 10.0 Å². The number of hydrogen-bond acceptors (Lipinski definition) is 4. The molecule has 0 aromatic heterocycles. The van der Waals surface area contributed by atoms with Crippen molar-refractivity contribution in [1.82, 2.24) is 9.62 Å². The summed E-state index contributed by atoms with van der Waals surface area (Å²) in [5, 5.41) is 3.43. The van der Waals surface area contributed by atoms with Crippen molar-refractivity contribution in [3.8, 4) is 5.75 Å². The van der Waals surface area contributed by atoms with Crippen molar-refractivity contribution in [2.24, 2.45) is 0 Å². The molecule has 1 fully saturated rings. The van der Waals surface area contributed by atoms with E-state index >= 15 is 0 Å². The number of ether oxygens (including phenoxy) is 1. The van der Waals surface area contributed by atoms with E-state index in [1.54, 1.807) is 16.4 Å². The fourth-order valence-corrected chi connectivity index (χ4v) is 4.78. The first-order valence-corrected chi connectivity index (χ1v) is 8.88. The molecule has 0 radical (unpaired) electrons. The van der Waals surface area contributed by atoms with Gasteiger partial charge in [0.25, 0.3) is 0 Å². The van der Waals surface area contributed by atoms with Crippen LogP contribution < -0.4 is 10.1 Å². The largest absolute Gasteiger partial charge is 0.497 e. The SMILES string of the molecule is CCCN(C1CCNC1)S(=O)(=O)c1cc(OC)ccc1Cl. The van der Waals surface area contributed by atoms with Crippen molar-refractivity contribution in [2.75, 3.05) is 26.7 Å². The first-order valence-electron chi connectivity index (χ1n) is 7.06. The minimum absolute atomic E-state index is 0.0165. The van der Waals surface area contributed by atoms with E-state index in [-0.39, 0.29) is 16.0 Å². The van der Waals surface area contributed by atoms with Crippen molar-refractivity contribution in [2.45, 2.75) is 30.7 Å². The fraction of sp³-hybridized carbons (Fsp3) is 0.571. The van der Waals surface area contributed by atoms with Gasteiger partial charge in [0.1, 0.15) is 10.6 Å². The molecule has 1 atom stereocenters. The Morgan fingerprint density at radius 3 is 2.81 bits per heavy atom. The lowest BCUT2D eigenvalue weighted by atomic mass is 10.2. The van der Waals surface area contributed by atoms with Gasteiger partial charge in [0, 0.05) is 25.2 Å². The Labute approximate surface area is 131 Å². The Morgan fingerprint density at radius 1 is 1.48 bits per heavy atom. The molecule has 21 heavy (non-hydrogen) atoms. The van der Waals surface area contributed by atoms with Crippen LogP contribution in [0.3, 0.4) is 0 Å². The molecule has 1 N–H and O–H groups in total. The molecule has 0 saturated carbocycles. The molecule has 2 rings (SSSR count). The van der Waals surface area contributed by atoms with Crippen molar-refractivity contribution < 1.29 is 13.2 Å². The van der Waals surface area contributed by atoms with Gasteiger partial charge >= 0.3 is 0 Å². The molecular formula is C14H21ClN2O3S. The normalized spacial score (nSPS) is 19.1. The quantitative estimate of drug-likeness (QED) is 0.866.